The molecule has 0 unspecified atom stereocenters. The van der Waals surface area contributed by atoms with Crippen LogP contribution in [-0.2, 0) is 6.54 Å². The smallest absolute Gasteiger partial charge is 0.335 e. The largest absolute Gasteiger partial charge is 0.478 e. The highest BCUT2D eigenvalue weighted by molar-refractivity contribution is 6.31. The molecule has 0 atom stereocenters. The second kappa shape index (κ2) is 8.51. The number of carboxylic acid groups (broad SMARTS) is 1. The van der Waals surface area contributed by atoms with Gasteiger partial charge in [-0.15, -0.1) is 0 Å². The highest BCUT2D eigenvalue weighted by atomic mass is 35.5. The number of carbonyl (C=O) groups is 1. The zero-order valence-corrected chi connectivity index (χ0v) is 17.6. The molecule has 5 heteroatoms. The summed E-state index contributed by atoms with van der Waals surface area (Å²) >= 11 is 6.40. The molecular formula is C26H19ClN2O2. The van der Waals surface area contributed by atoms with E-state index in [-0.39, 0.29) is 5.56 Å². The SMILES string of the molecule is Cc1c(C=C(C#N)c2ccc(C(=O)O)cc2)c2ccccc2n1Cc1ccccc1Cl. The molecule has 0 bridgehead atoms. The Hall–Kier alpha value is -3.81. The van der Waals surface area contributed by atoms with Gasteiger partial charge in [0.15, 0.2) is 0 Å². The Labute approximate surface area is 185 Å². The zero-order chi connectivity index (χ0) is 22.0. The van der Waals surface area contributed by atoms with Crippen LogP contribution in [0.2, 0.25) is 5.02 Å². The number of rotatable bonds is 5. The molecule has 0 spiro atoms. The van der Waals surface area contributed by atoms with Crippen molar-refractivity contribution in [3.05, 3.63) is 106 Å². The van der Waals surface area contributed by atoms with E-state index in [2.05, 4.69) is 16.7 Å². The first-order valence-electron chi connectivity index (χ1n) is 9.76. The van der Waals surface area contributed by atoms with Gasteiger partial charge in [0.1, 0.15) is 0 Å². The molecule has 4 aromatic rings. The molecule has 0 aliphatic carbocycles. The molecule has 1 aromatic heterocycles. The van der Waals surface area contributed by atoms with Crippen LogP contribution in [0.15, 0.2) is 72.8 Å². The molecule has 31 heavy (non-hydrogen) atoms. The summed E-state index contributed by atoms with van der Waals surface area (Å²) in [5.41, 5.74) is 5.40. The Morgan fingerprint density at radius 2 is 1.68 bits per heavy atom. The van der Waals surface area contributed by atoms with Gasteiger partial charge in [0.05, 0.1) is 17.2 Å². The molecule has 0 saturated carbocycles. The van der Waals surface area contributed by atoms with E-state index in [0.717, 1.165) is 27.7 Å². The molecule has 3 aromatic carbocycles. The number of aromatic nitrogens is 1. The van der Waals surface area contributed by atoms with Crippen LogP contribution in [0.1, 0.15) is 32.7 Å². The summed E-state index contributed by atoms with van der Waals surface area (Å²) in [6.07, 6.45) is 1.87. The van der Waals surface area contributed by atoms with Gasteiger partial charge in [-0.2, -0.15) is 5.26 Å². The number of fused-ring (bicyclic) bond motifs is 1. The van der Waals surface area contributed by atoms with Crippen LogP contribution in [0, 0.1) is 18.3 Å². The third-order valence-corrected chi connectivity index (χ3v) is 5.79. The molecule has 0 saturated heterocycles. The van der Waals surface area contributed by atoms with Crippen molar-refractivity contribution >= 4 is 40.1 Å². The van der Waals surface area contributed by atoms with Crippen molar-refractivity contribution in [3.63, 3.8) is 0 Å². The van der Waals surface area contributed by atoms with Crippen molar-refractivity contribution in [2.24, 2.45) is 0 Å². The fraction of sp³-hybridized carbons (Fsp3) is 0.0769. The minimum atomic E-state index is -0.993. The van der Waals surface area contributed by atoms with Crippen LogP contribution in [0.3, 0.4) is 0 Å². The fourth-order valence-corrected chi connectivity index (χ4v) is 3.95. The molecule has 1 N–H and O–H groups in total. The van der Waals surface area contributed by atoms with Gasteiger partial charge in [-0.05, 0) is 48.4 Å². The molecule has 0 aliphatic rings. The Morgan fingerprint density at radius 1 is 1.03 bits per heavy atom. The van der Waals surface area contributed by atoms with Crippen molar-refractivity contribution in [3.8, 4) is 6.07 Å². The van der Waals surface area contributed by atoms with Crippen LogP contribution in [0.5, 0.6) is 0 Å². The van der Waals surface area contributed by atoms with E-state index in [1.807, 2.05) is 55.5 Å². The number of carboxylic acids is 1. The second-order valence-corrected chi connectivity index (χ2v) is 7.65. The number of para-hydroxylation sites is 1. The Morgan fingerprint density at radius 3 is 2.35 bits per heavy atom. The number of aromatic carboxylic acids is 1. The summed E-state index contributed by atoms with van der Waals surface area (Å²) in [4.78, 5) is 11.1. The number of benzene rings is 3. The average molecular weight is 427 g/mol. The number of hydrogen-bond donors (Lipinski definition) is 1. The Balaban J connectivity index is 1.84. The van der Waals surface area contributed by atoms with Gasteiger partial charge in [-0.3, -0.25) is 0 Å². The summed E-state index contributed by atoms with van der Waals surface area (Å²) < 4.78 is 2.20. The van der Waals surface area contributed by atoms with Gasteiger partial charge in [0, 0.05) is 33.7 Å². The van der Waals surface area contributed by atoms with Crippen LogP contribution in [-0.4, -0.2) is 15.6 Å². The van der Waals surface area contributed by atoms with E-state index in [9.17, 15) is 10.1 Å². The Kier molecular flexibility index (Phi) is 5.62. The van der Waals surface area contributed by atoms with E-state index in [4.69, 9.17) is 16.7 Å². The summed E-state index contributed by atoms with van der Waals surface area (Å²) in [5.74, 6) is -0.993. The van der Waals surface area contributed by atoms with Crippen LogP contribution in [0.4, 0.5) is 0 Å². The lowest BCUT2D eigenvalue weighted by Crippen LogP contribution is -2.02. The summed E-state index contributed by atoms with van der Waals surface area (Å²) in [6.45, 7) is 2.65. The number of nitrogens with zero attached hydrogens (tertiary/aromatic N) is 2. The molecular weight excluding hydrogens is 408 g/mol. The quantitative estimate of drug-likeness (QED) is 0.375. The Bertz CT molecular complexity index is 1360. The van der Waals surface area contributed by atoms with Gasteiger partial charge in [-0.25, -0.2) is 4.79 Å². The first-order valence-corrected chi connectivity index (χ1v) is 10.1. The highest BCUT2D eigenvalue weighted by Gasteiger charge is 2.15. The van der Waals surface area contributed by atoms with E-state index < -0.39 is 5.97 Å². The molecule has 0 radical (unpaired) electrons. The minimum absolute atomic E-state index is 0.188. The molecule has 0 aliphatic heterocycles. The molecule has 0 fully saturated rings. The molecule has 1 heterocycles. The van der Waals surface area contributed by atoms with Crippen LogP contribution < -0.4 is 0 Å². The number of nitriles is 1. The number of hydrogen-bond acceptors (Lipinski definition) is 2. The first-order chi connectivity index (χ1) is 15.0. The maximum Gasteiger partial charge on any atom is 0.335 e. The summed E-state index contributed by atoms with van der Waals surface area (Å²) in [5, 5.41) is 20.7. The number of halogens is 1. The topological polar surface area (TPSA) is 66.0 Å². The van der Waals surface area contributed by atoms with E-state index >= 15 is 0 Å². The lowest BCUT2D eigenvalue weighted by molar-refractivity contribution is 0.0697. The van der Waals surface area contributed by atoms with Crippen LogP contribution >= 0.6 is 11.6 Å². The van der Waals surface area contributed by atoms with Crippen molar-refractivity contribution < 1.29 is 9.90 Å². The molecule has 152 valence electrons. The monoisotopic (exact) mass is 426 g/mol. The van der Waals surface area contributed by atoms with Crippen molar-refractivity contribution in [1.82, 2.24) is 4.57 Å². The minimum Gasteiger partial charge on any atom is -0.478 e. The maximum atomic E-state index is 11.1. The number of allylic oxidation sites excluding steroid dienone is 1. The maximum absolute atomic E-state index is 11.1. The average Bonchev–Trinajstić information content (AvgIpc) is 3.04. The zero-order valence-electron chi connectivity index (χ0n) is 16.8. The normalized spacial score (nSPS) is 11.5. The second-order valence-electron chi connectivity index (χ2n) is 7.25. The predicted octanol–water partition coefficient (Wildman–Crippen LogP) is 6.41. The summed E-state index contributed by atoms with van der Waals surface area (Å²) in [6, 6.07) is 24.5. The van der Waals surface area contributed by atoms with Gasteiger partial charge >= 0.3 is 5.97 Å². The standard InChI is InChI=1S/C26H19ClN2O2/c1-17-23(14-21(15-28)18-10-12-19(13-11-18)26(30)31)22-7-3-5-9-25(22)29(17)16-20-6-2-4-8-24(20)27/h2-14H,16H2,1H3,(H,30,31). The van der Waals surface area contributed by atoms with Crippen LogP contribution in [0.25, 0.3) is 22.6 Å². The fourth-order valence-electron chi connectivity index (χ4n) is 3.76. The van der Waals surface area contributed by atoms with Gasteiger partial charge in [-0.1, -0.05) is 60.1 Å². The summed E-state index contributed by atoms with van der Waals surface area (Å²) in [7, 11) is 0. The van der Waals surface area contributed by atoms with Crippen molar-refractivity contribution in [1.29, 1.82) is 5.26 Å². The van der Waals surface area contributed by atoms with E-state index in [1.54, 1.807) is 12.1 Å². The third kappa shape index (κ3) is 3.96. The van der Waals surface area contributed by atoms with Crippen molar-refractivity contribution in [2.45, 2.75) is 13.5 Å². The van der Waals surface area contributed by atoms with Gasteiger partial charge < -0.3 is 9.67 Å². The van der Waals surface area contributed by atoms with Crippen molar-refractivity contribution in [2.75, 3.05) is 0 Å². The highest BCUT2D eigenvalue weighted by Crippen LogP contribution is 2.31. The molecule has 0 amide bonds. The third-order valence-electron chi connectivity index (χ3n) is 5.42. The lowest BCUT2D eigenvalue weighted by Gasteiger charge is -2.10. The molecule has 4 rings (SSSR count). The van der Waals surface area contributed by atoms with Gasteiger partial charge in [0.2, 0.25) is 0 Å². The first kappa shape index (κ1) is 20.5. The van der Waals surface area contributed by atoms with Gasteiger partial charge in [0.25, 0.3) is 0 Å². The molecule has 4 nitrogen and oxygen atoms in total. The van der Waals surface area contributed by atoms with E-state index in [0.29, 0.717) is 22.7 Å². The lowest BCUT2D eigenvalue weighted by atomic mass is 10.0. The predicted molar refractivity (Wildman–Crippen MR) is 124 cm³/mol. The van der Waals surface area contributed by atoms with E-state index in [1.165, 1.54) is 12.1 Å².